The minimum absolute atomic E-state index is 0.00557. The average Bonchev–Trinajstić information content (AvgIpc) is 2.46. The van der Waals surface area contributed by atoms with Crippen LogP contribution in [0.4, 0.5) is 0 Å². The number of hydrogen-bond donors (Lipinski definition) is 1. The molecule has 0 saturated carbocycles. The highest BCUT2D eigenvalue weighted by Crippen LogP contribution is 2.22. The van der Waals surface area contributed by atoms with Gasteiger partial charge in [0, 0.05) is 32.1 Å². The van der Waals surface area contributed by atoms with Crippen molar-refractivity contribution in [3.05, 3.63) is 0 Å². The monoisotopic (exact) mass is 282 g/mol. The fraction of sp³-hybridized carbons (Fsp3) is 0.867. The standard InChI is InChI=1S/C15H26N2O3/c1-11(2)14(19)17-7-3-4-12(10-17)15(20)16-8-5-13(18)6-9-16/h11-13,18H,3-10H2,1-2H3. The number of piperidine rings is 2. The van der Waals surface area contributed by atoms with Crippen molar-refractivity contribution in [2.45, 2.75) is 45.6 Å². The van der Waals surface area contributed by atoms with Gasteiger partial charge >= 0.3 is 0 Å². The van der Waals surface area contributed by atoms with Crippen molar-refractivity contribution < 1.29 is 14.7 Å². The number of nitrogens with zero attached hydrogens (tertiary/aromatic N) is 2. The largest absolute Gasteiger partial charge is 0.393 e. The van der Waals surface area contributed by atoms with Gasteiger partial charge in [0.25, 0.3) is 0 Å². The predicted molar refractivity (Wildman–Crippen MR) is 76.0 cm³/mol. The quantitative estimate of drug-likeness (QED) is 0.817. The number of hydrogen-bond acceptors (Lipinski definition) is 3. The van der Waals surface area contributed by atoms with Gasteiger partial charge in [0.15, 0.2) is 0 Å². The maximum absolute atomic E-state index is 12.5. The van der Waals surface area contributed by atoms with Crippen LogP contribution >= 0.6 is 0 Å². The Morgan fingerprint density at radius 1 is 1.05 bits per heavy atom. The lowest BCUT2D eigenvalue weighted by molar-refractivity contribution is -0.143. The molecule has 2 saturated heterocycles. The van der Waals surface area contributed by atoms with Gasteiger partial charge in [0.05, 0.1) is 12.0 Å². The van der Waals surface area contributed by atoms with E-state index in [-0.39, 0.29) is 29.8 Å². The van der Waals surface area contributed by atoms with Crippen LogP contribution in [0.5, 0.6) is 0 Å². The van der Waals surface area contributed by atoms with Gasteiger partial charge in [-0.1, -0.05) is 13.8 Å². The second kappa shape index (κ2) is 6.57. The highest BCUT2D eigenvalue weighted by molar-refractivity contribution is 5.82. The van der Waals surface area contributed by atoms with Crippen molar-refractivity contribution in [2.75, 3.05) is 26.2 Å². The Morgan fingerprint density at radius 3 is 2.30 bits per heavy atom. The Morgan fingerprint density at radius 2 is 1.70 bits per heavy atom. The summed E-state index contributed by atoms with van der Waals surface area (Å²) in [6, 6.07) is 0. The Hall–Kier alpha value is -1.10. The first-order valence-electron chi connectivity index (χ1n) is 7.74. The number of rotatable bonds is 2. The predicted octanol–water partition coefficient (Wildman–Crippen LogP) is 0.864. The molecule has 2 heterocycles. The van der Waals surface area contributed by atoms with Crippen LogP contribution in [0.2, 0.25) is 0 Å². The normalized spacial score (nSPS) is 25.1. The van der Waals surface area contributed by atoms with Gasteiger partial charge in [0.2, 0.25) is 11.8 Å². The number of aliphatic hydroxyl groups is 1. The van der Waals surface area contributed by atoms with E-state index in [1.807, 2.05) is 23.6 Å². The third-order valence-corrected chi connectivity index (χ3v) is 4.35. The molecule has 0 aromatic heterocycles. The molecule has 2 aliphatic rings. The van der Waals surface area contributed by atoms with Crippen LogP contribution in [-0.4, -0.2) is 59.0 Å². The summed E-state index contributed by atoms with van der Waals surface area (Å²) in [5.41, 5.74) is 0. The molecule has 0 aromatic carbocycles. The zero-order chi connectivity index (χ0) is 14.7. The Kier molecular flexibility index (Phi) is 5.02. The molecule has 2 rings (SSSR count). The highest BCUT2D eigenvalue weighted by Gasteiger charge is 2.33. The second-order valence-corrected chi connectivity index (χ2v) is 6.33. The topological polar surface area (TPSA) is 60.9 Å². The fourth-order valence-corrected chi connectivity index (χ4v) is 3.09. The van der Waals surface area contributed by atoms with Gasteiger partial charge in [-0.15, -0.1) is 0 Å². The van der Waals surface area contributed by atoms with E-state index >= 15 is 0 Å². The van der Waals surface area contributed by atoms with Crippen LogP contribution in [0, 0.1) is 11.8 Å². The van der Waals surface area contributed by atoms with E-state index in [0.29, 0.717) is 32.5 Å². The van der Waals surface area contributed by atoms with E-state index in [0.717, 1.165) is 19.4 Å². The van der Waals surface area contributed by atoms with E-state index in [1.54, 1.807) is 0 Å². The number of carbonyl (C=O) groups is 2. The van der Waals surface area contributed by atoms with Crippen molar-refractivity contribution in [1.29, 1.82) is 0 Å². The molecule has 2 fully saturated rings. The number of aliphatic hydroxyl groups excluding tert-OH is 1. The van der Waals surface area contributed by atoms with Crippen molar-refractivity contribution in [3.63, 3.8) is 0 Å². The lowest BCUT2D eigenvalue weighted by Gasteiger charge is -2.37. The summed E-state index contributed by atoms with van der Waals surface area (Å²) < 4.78 is 0. The van der Waals surface area contributed by atoms with Crippen molar-refractivity contribution in [1.82, 2.24) is 9.80 Å². The van der Waals surface area contributed by atoms with Gasteiger partial charge in [-0.05, 0) is 25.7 Å². The van der Waals surface area contributed by atoms with Gasteiger partial charge in [-0.25, -0.2) is 0 Å². The number of amides is 2. The maximum atomic E-state index is 12.5. The lowest BCUT2D eigenvalue weighted by Crippen LogP contribution is -2.49. The first kappa shape index (κ1) is 15.3. The molecule has 2 amide bonds. The van der Waals surface area contributed by atoms with Gasteiger partial charge in [-0.3, -0.25) is 9.59 Å². The van der Waals surface area contributed by atoms with Crippen LogP contribution in [0.25, 0.3) is 0 Å². The summed E-state index contributed by atoms with van der Waals surface area (Å²) in [6.45, 7) is 6.44. The molecule has 0 spiro atoms. The van der Waals surface area contributed by atoms with E-state index in [2.05, 4.69) is 0 Å². The minimum atomic E-state index is -0.260. The molecule has 1 N–H and O–H groups in total. The first-order valence-corrected chi connectivity index (χ1v) is 7.74. The molecule has 0 bridgehead atoms. The van der Waals surface area contributed by atoms with Crippen molar-refractivity contribution in [3.8, 4) is 0 Å². The lowest BCUT2D eigenvalue weighted by atomic mass is 9.94. The molecule has 1 atom stereocenters. The molecule has 5 heteroatoms. The van der Waals surface area contributed by atoms with Crippen molar-refractivity contribution >= 4 is 11.8 Å². The van der Waals surface area contributed by atoms with Crippen LogP contribution in [-0.2, 0) is 9.59 Å². The summed E-state index contributed by atoms with van der Waals surface area (Å²) in [7, 11) is 0. The SMILES string of the molecule is CC(C)C(=O)N1CCCC(C(=O)N2CCC(O)CC2)C1. The third-order valence-electron chi connectivity index (χ3n) is 4.35. The zero-order valence-corrected chi connectivity index (χ0v) is 12.5. The second-order valence-electron chi connectivity index (χ2n) is 6.33. The van der Waals surface area contributed by atoms with Crippen LogP contribution < -0.4 is 0 Å². The number of carbonyl (C=O) groups excluding carboxylic acids is 2. The number of likely N-dealkylation sites (tertiary alicyclic amines) is 2. The maximum Gasteiger partial charge on any atom is 0.227 e. The smallest absolute Gasteiger partial charge is 0.227 e. The molecule has 0 aromatic rings. The molecular weight excluding hydrogens is 256 g/mol. The Labute approximate surface area is 120 Å². The molecule has 1 unspecified atom stereocenters. The van der Waals surface area contributed by atoms with E-state index < -0.39 is 0 Å². The van der Waals surface area contributed by atoms with Crippen molar-refractivity contribution in [2.24, 2.45) is 11.8 Å². The summed E-state index contributed by atoms with van der Waals surface area (Å²) in [5.74, 6) is 0.255. The molecular formula is C15H26N2O3. The first-order chi connectivity index (χ1) is 9.49. The van der Waals surface area contributed by atoms with E-state index in [4.69, 9.17) is 0 Å². The third kappa shape index (κ3) is 3.51. The molecule has 20 heavy (non-hydrogen) atoms. The highest BCUT2D eigenvalue weighted by atomic mass is 16.3. The van der Waals surface area contributed by atoms with Crippen LogP contribution in [0.15, 0.2) is 0 Å². The van der Waals surface area contributed by atoms with Crippen LogP contribution in [0.3, 0.4) is 0 Å². The summed E-state index contributed by atoms with van der Waals surface area (Å²) in [5, 5.41) is 9.50. The van der Waals surface area contributed by atoms with E-state index in [9.17, 15) is 14.7 Å². The minimum Gasteiger partial charge on any atom is -0.393 e. The van der Waals surface area contributed by atoms with E-state index in [1.165, 1.54) is 0 Å². The summed E-state index contributed by atoms with van der Waals surface area (Å²) in [6.07, 6.45) is 2.87. The zero-order valence-electron chi connectivity index (χ0n) is 12.5. The summed E-state index contributed by atoms with van der Waals surface area (Å²) >= 11 is 0. The average molecular weight is 282 g/mol. The molecule has 2 aliphatic heterocycles. The Bertz CT molecular complexity index is 362. The Balaban J connectivity index is 1.91. The molecule has 114 valence electrons. The van der Waals surface area contributed by atoms with Gasteiger partial charge in [0.1, 0.15) is 0 Å². The molecule has 0 radical (unpaired) electrons. The molecule has 0 aliphatic carbocycles. The van der Waals surface area contributed by atoms with Gasteiger partial charge in [-0.2, -0.15) is 0 Å². The van der Waals surface area contributed by atoms with Gasteiger partial charge < -0.3 is 14.9 Å². The molecule has 5 nitrogen and oxygen atoms in total. The van der Waals surface area contributed by atoms with Crippen LogP contribution in [0.1, 0.15) is 39.5 Å². The fourth-order valence-electron chi connectivity index (χ4n) is 3.09. The summed E-state index contributed by atoms with van der Waals surface area (Å²) in [4.78, 5) is 28.3.